The van der Waals surface area contributed by atoms with E-state index in [1.54, 1.807) is 18.2 Å². The molecule has 0 aromatic heterocycles. The Bertz CT molecular complexity index is 899. The number of hydrazone groups is 1. The summed E-state index contributed by atoms with van der Waals surface area (Å²) >= 11 is 18.1. The lowest BCUT2D eigenvalue weighted by molar-refractivity contribution is 0.215. The molecule has 1 atom stereocenters. The van der Waals surface area contributed by atoms with Crippen molar-refractivity contribution in [3.63, 3.8) is 0 Å². The van der Waals surface area contributed by atoms with Crippen molar-refractivity contribution in [2.75, 3.05) is 11.9 Å². The quantitative estimate of drug-likeness (QED) is 0.395. The van der Waals surface area contributed by atoms with E-state index >= 15 is 0 Å². The molecule has 4 nitrogen and oxygen atoms in total. The van der Waals surface area contributed by atoms with Crippen LogP contribution >= 0.6 is 34.8 Å². The fraction of sp³-hybridized carbons (Fsp3) is 0.391. The molecular formula is C23H26Cl3N3O. The molecule has 160 valence electrons. The molecule has 1 unspecified atom stereocenters. The van der Waals surface area contributed by atoms with Crippen LogP contribution in [0.5, 0.6) is 0 Å². The zero-order valence-corrected chi connectivity index (χ0v) is 19.3. The van der Waals surface area contributed by atoms with Crippen molar-refractivity contribution >= 4 is 52.2 Å². The predicted molar refractivity (Wildman–Crippen MR) is 127 cm³/mol. The highest BCUT2D eigenvalue weighted by Gasteiger charge is 2.30. The van der Waals surface area contributed by atoms with Gasteiger partial charge in [0.1, 0.15) is 0 Å². The minimum atomic E-state index is -0.284. The number of hydrogen-bond donors (Lipinski definition) is 1. The zero-order valence-electron chi connectivity index (χ0n) is 17.0. The van der Waals surface area contributed by atoms with Crippen LogP contribution in [0.3, 0.4) is 0 Å². The van der Waals surface area contributed by atoms with Gasteiger partial charge in [0.25, 0.3) is 0 Å². The topological polar surface area (TPSA) is 44.7 Å². The van der Waals surface area contributed by atoms with Gasteiger partial charge in [-0.2, -0.15) is 5.10 Å². The van der Waals surface area contributed by atoms with E-state index in [9.17, 15) is 4.79 Å². The molecule has 7 heteroatoms. The maximum Gasteiger partial charge on any atom is 0.342 e. The van der Waals surface area contributed by atoms with Crippen LogP contribution < -0.4 is 5.32 Å². The van der Waals surface area contributed by atoms with Gasteiger partial charge in [-0.1, -0.05) is 86.0 Å². The molecular weight excluding hydrogens is 441 g/mol. The van der Waals surface area contributed by atoms with Gasteiger partial charge >= 0.3 is 6.03 Å². The van der Waals surface area contributed by atoms with E-state index in [4.69, 9.17) is 34.8 Å². The second-order valence-corrected chi connectivity index (χ2v) is 8.78. The van der Waals surface area contributed by atoms with E-state index in [-0.39, 0.29) is 11.9 Å². The molecule has 2 aromatic rings. The van der Waals surface area contributed by atoms with Crippen LogP contribution in [0.4, 0.5) is 10.5 Å². The maximum atomic E-state index is 12.8. The van der Waals surface area contributed by atoms with Gasteiger partial charge in [0.15, 0.2) is 0 Å². The number of nitrogens with one attached hydrogen (secondary N) is 1. The highest BCUT2D eigenvalue weighted by Crippen LogP contribution is 2.28. The Morgan fingerprint density at radius 1 is 1.03 bits per heavy atom. The highest BCUT2D eigenvalue weighted by atomic mass is 35.5. The summed E-state index contributed by atoms with van der Waals surface area (Å²) in [4.78, 5) is 12.8. The van der Waals surface area contributed by atoms with Crippen LogP contribution in [0, 0.1) is 5.92 Å². The Morgan fingerprint density at radius 2 is 1.77 bits per heavy atom. The minimum absolute atomic E-state index is 0.201. The van der Waals surface area contributed by atoms with Crippen molar-refractivity contribution in [1.82, 2.24) is 5.01 Å². The van der Waals surface area contributed by atoms with Gasteiger partial charge in [0.2, 0.25) is 0 Å². The Balaban J connectivity index is 1.71. The maximum absolute atomic E-state index is 12.8. The van der Waals surface area contributed by atoms with Gasteiger partial charge in [0, 0.05) is 16.6 Å². The number of rotatable bonds is 8. The van der Waals surface area contributed by atoms with Gasteiger partial charge in [-0.15, -0.1) is 0 Å². The van der Waals surface area contributed by atoms with E-state index < -0.39 is 0 Å². The first-order chi connectivity index (χ1) is 14.5. The number of anilines is 1. The largest absolute Gasteiger partial charge is 0.342 e. The molecule has 1 aliphatic rings. The normalized spacial score (nSPS) is 15.9. The number of urea groups is 1. The molecule has 2 amide bonds. The van der Waals surface area contributed by atoms with Crippen molar-refractivity contribution in [2.45, 2.75) is 45.4 Å². The standard InChI is InChI=1S/C23H26Cl3N3O/c1-2-3-4-5-6-7-17-15-29(28-22(17)16-8-10-18(24)11-9-16)23(30)27-19-12-13-20(25)21(26)14-19/h8-14,17H,2-7,15H2,1H3,(H,27,30). The van der Waals surface area contributed by atoms with Crippen LogP contribution in [0.15, 0.2) is 47.6 Å². The van der Waals surface area contributed by atoms with Gasteiger partial charge < -0.3 is 5.32 Å². The zero-order chi connectivity index (χ0) is 21.5. The average molecular weight is 467 g/mol. The van der Waals surface area contributed by atoms with E-state index in [0.717, 1.165) is 24.1 Å². The number of hydrogen-bond acceptors (Lipinski definition) is 2. The first-order valence-electron chi connectivity index (χ1n) is 10.4. The summed E-state index contributed by atoms with van der Waals surface area (Å²) < 4.78 is 0. The SMILES string of the molecule is CCCCCCCC1CN(C(=O)Nc2ccc(Cl)c(Cl)c2)N=C1c1ccc(Cl)cc1. The van der Waals surface area contributed by atoms with Crippen LogP contribution in [0.2, 0.25) is 15.1 Å². The van der Waals surface area contributed by atoms with Crippen molar-refractivity contribution in [3.8, 4) is 0 Å². The lowest BCUT2D eigenvalue weighted by atomic mass is 9.92. The summed E-state index contributed by atoms with van der Waals surface area (Å²) in [7, 11) is 0. The molecule has 0 fully saturated rings. The van der Waals surface area contributed by atoms with E-state index in [1.165, 1.54) is 30.7 Å². The minimum Gasteiger partial charge on any atom is -0.306 e. The Hall–Kier alpha value is -1.75. The molecule has 0 aliphatic carbocycles. The second kappa shape index (κ2) is 11.0. The first kappa shape index (κ1) is 22.9. The predicted octanol–water partition coefficient (Wildman–Crippen LogP) is 7.88. The number of amides is 2. The van der Waals surface area contributed by atoms with Gasteiger partial charge in [0.05, 0.1) is 22.3 Å². The monoisotopic (exact) mass is 465 g/mol. The number of nitrogens with zero attached hydrogens (tertiary/aromatic N) is 2. The average Bonchev–Trinajstić information content (AvgIpc) is 3.15. The molecule has 1 N–H and O–H groups in total. The Morgan fingerprint density at radius 3 is 2.47 bits per heavy atom. The third-order valence-electron chi connectivity index (χ3n) is 5.21. The number of carbonyl (C=O) groups is 1. The van der Waals surface area contributed by atoms with Crippen LogP contribution in [0.1, 0.15) is 51.0 Å². The summed E-state index contributed by atoms with van der Waals surface area (Å²) in [6, 6.07) is 12.4. The lowest BCUT2D eigenvalue weighted by Crippen LogP contribution is -2.30. The van der Waals surface area contributed by atoms with Crippen molar-refractivity contribution in [1.29, 1.82) is 0 Å². The second-order valence-electron chi connectivity index (χ2n) is 7.53. The molecule has 1 heterocycles. The fourth-order valence-electron chi connectivity index (χ4n) is 3.57. The molecule has 0 saturated carbocycles. The van der Waals surface area contributed by atoms with E-state index in [0.29, 0.717) is 27.3 Å². The lowest BCUT2D eigenvalue weighted by Gasteiger charge is -2.16. The molecule has 2 aromatic carbocycles. The molecule has 0 saturated heterocycles. The van der Waals surface area contributed by atoms with Crippen LogP contribution in [0.25, 0.3) is 0 Å². The highest BCUT2D eigenvalue weighted by molar-refractivity contribution is 6.42. The van der Waals surface area contributed by atoms with Gasteiger partial charge in [-0.05, 0) is 42.3 Å². The molecule has 0 bridgehead atoms. The van der Waals surface area contributed by atoms with Gasteiger partial charge in [-0.25, -0.2) is 9.80 Å². The van der Waals surface area contributed by atoms with Crippen molar-refractivity contribution in [2.24, 2.45) is 11.0 Å². The third-order valence-corrected chi connectivity index (χ3v) is 6.20. The molecule has 3 rings (SSSR count). The van der Waals surface area contributed by atoms with E-state index in [2.05, 4.69) is 17.3 Å². The number of carbonyl (C=O) groups excluding carboxylic acids is 1. The van der Waals surface area contributed by atoms with Crippen LogP contribution in [-0.4, -0.2) is 23.3 Å². The Kier molecular flexibility index (Phi) is 8.43. The summed E-state index contributed by atoms with van der Waals surface area (Å²) in [5.41, 5.74) is 2.52. The van der Waals surface area contributed by atoms with Gasteiger partial charge in [-0.3, -0.25) is 0 Å². The smallest absolute Gasteiger partial charge is 0.306 e. The van der Waals surface area contributed by atoms with Crippen LogP contribution in [-0.2, 0) is 0 Å². The number of unbranched alkanes of at least 4 members (excludes halogenated alkanes) is 4. The van der Waals surface area contributed by atoms with Crippen molar-refractivity contribution in [3.05, 3.63) is 63.1 Å². The summed E-state index contributed by atoms with van der Waals surface area (Å²) in [5.74, 6) is 0.201. The molecule has 30 heavy (non-hydrogen) atoms. The summed E-state index contributed by atoms with van der Waals surface area (Å²) in [6.45, 7) is 2.77. The molecule has 1 aliphatic heterocycles. The molecule has 0 radical (unpaired) electrons. The fourth-order valence-corrected chi connectivity index (χ4v) is 4.00. The van der Waals surface area contributed by atoms with E-state index in [1.807, 2.05) is 24.3 Å². The first-order valence-corrected chi connectivity index (χ1v) is 11.5. The van der Waals surface area contributed by atoms with Crippen molar-refractivity contribution < 1.29 is 4.79 Å². The molecule has 0 spiro atoms. The third kappa shape index (κ3) is 6.13. The summed E-state index contributed by atoms with van der Waals surface area (Å²) in [6.07, 6.45) is 7.07. The number of halogens is 3. The Labute approximate surface area is 193 Å². The summed E-state index contributed by atoms with van der Waals surface area (Å²) in [5, 5.41) is 10.5. The number of benzene rings is 2.